The molecule has 0 unspecified atom stereocenters. The molecule has 0 amide bonds. The molecule has 0 aliphatic carbocycles. The quantitative estimate of drug-likeness (QED) is 0.544. The van der Waals surface area contributed by atoms with Gasteiger partial charge in [-0.25, -0.2) is 9.78 Å². The number of nitrogens with zero attached hydrogens (tertiary/aromatic N) is 4. The molecule has 0 atom stereocenters. The summed E-state index contributed by atoms with van der Waals surface area (Å²) in [4.78, 5) is 24.3. The van der Waals surface area contributed by atoms with E-state index < -0.39 is 12.4 Å². The van der Waals surface area contributed by atoms with Crippen molar-refractivity contribution in [2.75, 3.05) is 18.9 Å². The Morgan fingerprint density at radius 3 is 2.69 bits per heavy atom. The van der Waals surface area contributed by atoms with Crippen LogP contribution in [0.2, 0.25) is 5.15 Å². The summed E-state index contributed by atoms with van der Waals surface area (Å²) in [5.74, 6) is -0.467. The first-order valence-electron chi connectivity index (χ1n) is 7.76. The highest BCUT2D eigenvalue weighted by molar-refractivity contribution is 6.33. The number of benzene rings is 1. The number of halogens is 1. The van der Waals surface area contributed by atoms with Crippen LogP contribution < -0.4 is 5.73 Å². The molecule has 3 heterocycles. The van der Waals surface area contributed by atoms with Crippen molar-refractivity contribution in [2.45, 2.75) is 12.5 Å². The Kier molecular flexibility index (Phi) is 4.41. The van der Waals surface area contributed by atoms with E-state index in [-0.39, 0.29) is 30.4 Å². The maximum Gasteiger partial charge on any atom is 0.342 e. The molecule has 0 saturated carbocycles. The van der Waals surface area contributed by atoms with E-state index in [1.807, 2.05) is 6.07 Å². The molecule has 9 nitrogen and oxygen atoms in total. The fraction of sp³-hybridized carbons (Fsp3) is 0.250. The van der Waals surface area contributed by atoms with Crippen molar-refractivity contribution < 1.29 is 19.0 Å². The number of nitrogens with two attached hydrogens (primary N) is 1. The van der Waals surface area contributed by atoms with Gasteiger partial charge in [0.05, 0.1) is 31.1 Å². The van der Waals surface area contributed by atoms with Gasteiger partial charge in [-0.3, -0.25) is 0 Å². The summed E-state index contributed by atoms with van der Waals surface area (Å²) in [6.45, 7) is -0.601. The molecule has 134 valence electrons. The minimum atomic E-state index is -1.07. The van der Waals surface area contributed by atoms with Gasteiger partial charge < -0.3 is 24.5 Å². The van der Waals surface area contributed by atoms with Crippen LogP contribution in [0.5, 0.6) is 0 Å². The molecule has 10 heteroatoms. The van der Waals surface area contributed by atoms with E-state index in [0.29, 0.717) is 16.7 Å². The Morgan fingerprint density at radius 2 is 1.96 bits per heavy atom. The molecule has 0 radical (unpaired) electrons. The monoisotopic (exact) mass is 375 g/mol. The molecule has 1 aliphatic rings. The lowest BCUT2D eigenvalue weighted by Gasteiger charge is -2.29. The van der Waals surface area contributed by atoms with Gasteiger partial charge in [0, 0.05) is 0 Å². The Labute approximate surface area is 152 Å². The molecule has 4 rings (SSSR count). The smallest absolute Gasteiger partial charge is 0.342 e. The van der Waals surface area contributed by atoms with Gasteiger partial charge in [0.15, 0.2) is 10.8 Å². The Hall–Kier alpha value is -2.75. The lowest BCUT2D eigenvalue weighted by Crippen LogP contribution is -2.36. The fourth-order valence-corrected chi connectivity index (χ4v) is 2.82. The van der Waals surface area contributed by atoms with Crippen LogP contribution in [-0.2, 0) is 14.2 Å². The highest BCUT2D eigenvalue weighted by atomic mass is 35.5. The van der Waals surface area contributed by atoms with Crippen LogP contribution in [0, 0.1) is 0 Å². The summed E-state index contributed by atoms with van der Waals surface area (Å²) in [6.07, 6.45) is 1.57. The first-order chi connectivity index (χ1) is 12.6. The number of hydrogen-bond donors (Lipinski definition) is 1. The molecule has 1 aliphatic heterocycles. The van der Waals surface area contributed by atoms with Gasteiger partial charge >= 0.3 is 12.4 Å². The first kappa shape index (κ1) is 16.7. The molecule has 2 N–H and O–H groups in total. The van der Waals surface area contributed by atoms with E-state index in [4.69, 9.17) is 31.5 Å². The normalized spacial score (nSPS) is 20.2. The van der Waals surface area contributed by atoms with Gasteiger partial charge in [0.1, 0.15) is 5.52 Å². The average molecular weight is 376 g/mol. The van der Waals surface area contributed by atoms with Crippen LogP contribution in [0.3, 0.4) is 0 Å². The number of imidazole rings is 1. The van der Waals surface area contributed by atoms with Crippen LogP contribution in [0.15, 0.2) is 36.7 Å². The SMILES string of the molecule is Nc1nc(Cl)c2ncn(C3COC(OC(=O)c4ccccc4)OC3)c2n1. The molecule has 2 aromatic heterocycles. The summed E-state index contributed by atoms with van der Waals surface area (Å²) < 4.78 is 17.9. The van der Waals surface area contributed by atoms with E-state index >= 15 is 0 Å². The third-order valence-corrected chi connectivity index (χ3v) is 4.12. The van der Waals surface area contributed by atoms with Gasteiger partial charge in [-0.05, 0) is 12.1 Å². The van der Waals surface area contributed by atoms with Crippen molar-refractivity contribution in [2.24, 2.45) is 0 Å². The van der Waals surface area contributed by atoms with E-state index in [2.05, 4.69) is 15.0 Å². The molecular formula is C16H14ClN5O4. The summed E-state index contributed by atoms with van der Waals surface area (Å²) >= 11 is 6.03. The highest BCUT2D eigenvalue weighted by Gasteiger charge is 2.28. The Morgan fingerprint density at radius 1 is 1.23 bits per heavy atom. The van der Waals surface area contributed by atoms with Gasteiger partial charge in [-0.15, -0.1) is 0 Å². The highest BCUT2D eigenvalue weighted by Crippen LogP contribution is 2.25. The molecule has 1 saturated heterocycles. The number of esters is 1. The van der Waals surface area contributed by atoms with Crippen LogP contribution >= 0.6 is 11.6 Å². The van der Waals surface area contributed by atoms with Gasteiger partial charge in [0.2, 0.25) is 5.95 Å². The molecule has 1 fully saturated rings. The van der Waals surface area contributed by atoms with E-state index in [1.165, 1.54) is 0 Å². The molecule has 1 aromatic carbocycles. The van der Waals surface area contributed by atoms with E-state index in [9.17, 15) is 4.79 Å². The van der Waals surface area contributed by atoms with Gasteiger partial charge in [-0.1, -0.05) is 29.8 Å². The van der Waals surface area contributed by atoms with Crippen molar-refractivity contribution in [3.8, 4) is 0 Å². The number of nitrogen functional groups attached to an aromatic ring is 1. The zero-order chi connectivity index (χ0) is 18.1. The van der Waals surface area contributed by atoms with Crippen molar-refractivity contribution in [1.82, 2.24) is 19.5 Å². The first-order valence-corrected chi connectivity index (χ1v) is 8.14. The van der Waals surface area contributed by atoms with Crippen LogP contribution in [-0.4, -0.2) is 45.2 Å². The number of carbonyl (C=O) groups excluding carboxylic acids is 1. The van der Waals surface area contributed by atoms with Gasteiger partial charge in [-0.2, -0.15) is 9.97 Å². The summed E-state index contributed by atoms with van der Waals surface area (Å²) in [6, 6.07) is 8.39. The predicted octanol–water partition coefficient (Wildman–Crippen LogP) is 1.79. The minimum Gasteiger partial charge on any atom is -0.407 e. The second kappa shape index (κ2) is 6.87. The average Bonchev–Trinajstić information content (AvgIpc) is 3.07. The second-order valence-electron chi connectivity index (χ2n) is 5.58. The van der Waals surface area contributed by atoms with Crippen molar-refractivity contribution in [1.29, 1.82) is 0 Å². The van der Waals surface area contributed by atoms with Crippen LogP contribution in [0.4, 0.5) is 5.95 Å². The maximum absolute atomic E-state index is 12.0. The van der Waals surface area contributed by atoms with E-state index in [1.54, 1.807) is 35.2 Å². The number of rotatable bonds is 3. The molecule has 3 aromatic rings. The van der Waals surface area contributed by atoms with Crippen molar-refractivity contribution >= 4 is 34.7 Å². The number of ether oxygens (including phenoxy) is 3. The van der Waals surface area contributed by atoms with Crippen molar-refractivity contribution in [3.63, 3.8) is 0 Å². The molecule has 0 bridgehead atoms. The Balaban J connectivity index is 1.43. The number of anilines is 1. The van der Waals surface area contributed by atoms with E-state index in [0.717, 1.165) is 0 Å². The third-order valence-electron chi connectivity index (χ3n) is 3.85. The third kappa shape index (κ3) is 3.19. The minimum absolute atomic E-state index is 0.0524. The largest absolute Gasteiger partial charge is 0.407 e. The molecule has 0 spiro atoms. The molecular weight excluding hydrogens is 362 g/mol. The Bertz CT molecular complexity index is 940. The number of fused-ring (bicyclic) bond motifs is 1. The maximum atomic E-state index is 12.0. The number of aromatic nitrogens is 4. The fourth-order valence-electron chi connectivity index (χ4n) is 2.60. The van der Waals surface area contributed by atoms with Crippen LogP contribution in [0.25, 0.3) is 11.2 Å². The number of carbonyl (C=O) groups is 1. The topological polar surface area (TPSA) is 114 Å². The lowest BCUT2D eigenvalue weighted by molar-refractivity contribution is -0.296. The summed E-state index contributed by atoms with van der Waals surface area (Å²) in [5, 5.41) is 0.179. The zero-order valence-corrected chi connectivity index (χ0v) is 14.2. The molecule has 26 heavy (non-hydrogen) atoms. The van der Waals surface area contributed by atoms with Gasteiger partial charge in [0.25, 0.3) is 0 Å². The number of hydrogen-bond acceptors (Lipinski definition) is 8. The standard InChI is InChI=1S/C16H14ClN5O4/c17-12-11-13(21-15(18)20-12)22(8-19-11)10-6-24-16(25-7-10)26-14(23)9-4-2-1-3-5-9/h1-5,8,10,16H,6-7H2,(H2,18,20,21). The van der Waals surface area contributed by atoms with Crippen molar-refractivity contribution in [3.05, 3.63) is 47.4 Å². The zero-order valence-electron chi connectivity index (χ0n) is 13.4. The summed E-state index contributed by atoms with van der Waals surface area (Å²) in [7, 11) is 0. The summed E-state index contributed by atoms with van der Waals surface area (Å²) in [5.41, 5.74) is 7.00. The van der Waals surface area contributed by atoms with Crippen LogP contribution in [0.1, 0.15) is 16.4 Å². The predicted molar refractivity (Wildman–Crippen MR) is 91.3 cm³/mol. The second-order valence-corrected chi connectivity index (χ2v) is 5.94. The lowest BCUT2D eigenvalue weighted by atomic mass is 10.2.